The van der Waals surface area contributed by atoms with Crippen LogP contribution in [0.3, 0.4) is 0 Å². The van der Waals surface area contributed by atoms with Crippen molar-refractivity contribution in [2.24, 2.45) is 0 Å². The van der Waals surface area contributed by atoms with Gasteiger partial charge in [-0.15, -0.1) is 0 Å². The second kappa shape index (κ2) is 15.8. The number of rotatable bonds is 11. The number of fused-ring (bicyclic) bond motifs is 2. The van der Waals surface area contributed by atoms with E-state index in [0.717, 1.165) is 31.3 Å². The highest BCUT2D eigenvalue weighted by Gasteiger charge is 2.38. The number of esters is 3. The molecule has 1 heterocycles. The molecule has 0 aromatic heterocycles. The summed E-state index contributed by atoms with van der Waals surface area (Å²) < 4.78 is 16.3. The third-order valence-electron chi connectivity index (χ3n) is 7.07. The largest absolute Gasteiger partial charge is 0.427 e. The van der Waals surface area contributed by atoms with Gasteiger partial charge in [-0.1, -0.05) is 41.0 Å². The Morgan fingerprint density at radius 3 is 1.87 bits per heavy atom. The maximum absolute atomic E-state index is 14.3. The molecule has 0 fully saturated rings. The van der Waals surface area contributed by atoms with Crippen molar-refractivity contribution < 1.29 is 38.2 Å². The van der Waals surface area contributed by atoms with Gasteiger partial charge >= 0.3 is 17.9 Å². The molecule has 2 amide bonds. The lowest BCUT2D eigenvalue weighted by Crippen LogP contribution is -2.31. The molecule has 0 bridgehead atoms. The Labute approximate surface area is 270 Å². The molecule has 46 heavy (non-hydrogen) atoms. The molecule has 10 nitrogen and oxygen atoms in total. The van der Waals surface area contributed by atoms with Gasteiger partial charge in [0.05, 0.1) is 11.3 Å². The van der Waals surface area contributed by atoms with E-state index in [1.54, 1.807) is 6.07 Å². The molecule has 0 atom stereocenters. The zero-order valence-electron chi connectivity index (χ0n) is 27.8. The summed E-state index contributed by atoms with van der Waals surface area (Å²) in [5.41, 5.74) is 3.93. The van der Waals surface area contributed by atoms with Crippen molar-refractivity contribution in [3.05, 3.63) is 70.8 Å². The Kier molecular flexibility index (Phi) is 12.2. The average molecular weight is 631 g/mol. The van der Waals surface area contributed by atoms with Crippen LogP contribution >= 0.6 is 0 Å². The summed E-state index contributed by atoms with van der Waals surface area (Å²) in [5, 5.41) is 0. The average Bonchev–Trinajstić information content (AvgIpc) is 3.04. The van der Waals surface area contributed by atoms with Crippen LogP contribution in [0.15, 0.2) is 65.3 Å². The Bertz CT molecular complexity index is 1630. The van der Waals surface area contributed by atoms with Gasteiger partial charge < -0.3 is 19.1 Å². The number of para-hydroxylation sites is 1. The molecule has 0 unspecified atom stereocenters. The van der Waals surface area contributed by atoms with Crippen LogP contribution in [0.2, 0.25) is 0 Å². The number of allylic oxidation sites excluding steroid dienone is 5. The van der Waals surface area contributed by atoms with Gasteiger partial charge in [0.2, 0.25) is 5.91 Å². The van der Waals surface area contributed by atoms with E-state index >= 15 is 0 Å². The van der Waals surface area contributed by atoms with Crippen molar-refractivity contribution in [1.82, 2.24) is 0 Å². The van der Waals surface area contributed by atoms with Crippen LogP contribution in [-0.2, 0) is 19.2 Å². The lowest BCUT2D eigenvalue weighted by atomic mass is 10.1. The predicted octanol–water partition coefficient (Wildman–Crippen LogP) is 7.53. The molecule has 2 aromatic rings. The maximum atomic E-state index is 14.3. The summed E-state index contributed by atoms with van der Waals surface area (Å²) in [7, 11) is 0. The third kappa shape index (κ3) is 9.26. The van der Waals surface area contributed by atoms with Crippen LogP contribution in [0, 0.1) is 0 Å². The van der Waals surface area contributed by atoms with E-state index in [4.69, 9.17) is 14.2 Å². The fourth-order valence-corrected chi connectivity index (χ4v) is 5.07. The van der Waals surface area contributed by atoms with Gasteiger partial charge in [-0.25, -0.2) is 0 Å². The number of hydrogen-bond acceptors (Lipinski definition) is 8. The number of ether oxygens (including phenoxy) is 3. The number of amides is 2. The first kappa shape index (κ1) is 35.5. The minimum atomic E-state index is -0.707. The summed E-state index contributed by atoms with van der Waals surface area (Å²) in [5.74, 6) is -3.22. The molecule has 10 heteroatoms. The summed E-state index contributed by atoms with van der Waals surface area (Å²) in [6, 6.07) is 7.28. The lowest BCUT2D eigenvalue weighted by Gasteiger charge is -2.28. The molecular formula is C36H42N2O8. The summed E-state index contributed by atoms with van der Waals surface area (Å²) in [6.07, 6.45) is 9.93. The topological polar surface area (TPSA) is 120 Å². The molecule has 2 aromatic carbocycles. The second-order valence-electron chi connectivity index (χ2n) is 11.5. The SMILES string of the molecule is CC(=O)Oc1cc(OC(C)=O)c2c(c1)N(CC=C(C)CCC=C(C)CCC=C(C)C)C(=O)c1cccc(OC(C)=O)c1N2C(C)=O. The van der Waals surface area contributed by atoms with E-state index in [9.17, 15) is 24.0 Å². The zero-order valence-corrected chi connectivity index (χ0v) is 27.8. The van der Waals surface area contributed by atoms with E-state index in [-0.39, 0.29) is 46.4 Å². The molecule has 3 rings (SSSR count). The molecule has 1 aliphatic heterocycles. The molecule has 0 N–H and O–H groups in total. The van der Waals surface area contributed by atoms with Crippen molar-refractivity contribution in [2.75, 3.05) is 16.3 Å². The van der Waals surface area contributed by atoms with Gasteiger partial charge in [0.15, 0.2) is 11.5 Å². The van der Waals surface area contributed by atoms with Crippen molar-refractivity contribution in [3.63, 3.8) is 0 Å². The van der Waals surface area contributed by atoms with Gasteiger partial charge in [0.1, 0.15) is 17.1 Å². The first-order valence-corrected chi connectivity index (χ1v) is 15.1. The monoisotopic (exact) mass is 630 g/mol. The highest BCUT2D eigenvalue weighted by Crippen LogP contribution is 2.51. The molecule has 244 valence electrons. The summed E-state index contributed by atoms with van der Waals surface area (Å²) >= 11 is 0. The van der Waals surface area contributed by atoms with E-state index < -0.39 is 29.7 Å². The molecule has 0 spiro atoms. The Hall–Kier alpha value is -4.99. The maximum Gasteiger partial charge on any atom is 0.308 e. The molecule has 0 radical (unpaired) electrons. The summed E-state index contributed by atoms with van der Waals surface area (Å²) in [4.78, 5) is 66.5. The third-order valence-corrected chi connectivity index (χ3v) is 7.07. The number of hydrogen-bond donors (Lipinski definition) is 0. The van der Waals surface area contributed by atoms with Gasteiger partial charge in [0, 0.05) is 46.4 Å². The van der Waals surface area contributed by atoms with Gasteiger partial charge in [-0.3, -0.25) is 28.9 Å². The van der Waals surface area contributed by atoms with E-state index in [2.05, 4.69) is 32.9 Å². The standard InChI is InChI=1S/C36H42N2O8/c1-22(2)12-9-13-23(3)14-10-15-24(4)18-19-37-31-20-29(44-26(6)40)21-33(46-28(8)42)35(31)38(25(5)39)34-30(36(37)43)16-11-17-32(34)45-27(7)41/h11-12,14,16-18,20-21H,9-10,13,15,19H2,1-8H3. The predicted molar refractivity (Wildman–Crippen MR) is 177 cm³/mol. The van der Waals surface area contributed by atoms with Crippen LogP contribution in [-0.4, -0.2) is 36.3 Å². The molecule has 1 aliphatic rings. The number of benzene rings is 2. The quantitative estimate of drug-likeness (QED) is 0.142. The minimum absolute atomic E-state index is 0.00407. The van der Waals surface area contributed by atoms with E-state index in [1.165, 1.54) is 72.9 Å². The Balaban J connectivity index is 2.17. The Morgan fingerprint density at radius 2 is 1.28 bits per heavy atom. The molecular weight excluding hydrogens is 588 g/mol. The zero-order chi connectivity index (χ0) is 34.1. The van der Waals surface area contributed by atoms with Gasteiger partial charge in [0.25, 0.3) is 5.91 Å². The summed E-state index contributed by atoms with van der Waals surface area (Å²) in [6.45, 7) is 13.2. The minimum Gasteiger partial charge on any atom is -0.427 e. The van der Waals surface area contributed by atoms with Crippen LogP contribution in [0.5, 0.6) is 17.2 Å². The van der Waals surface area contributed by atoms with Crippen LogP contribution in [0.25, 0.3) is 0 Å². The number of carbonyl (C=O) groups excluding carboxylic acids is 5. The molecule has 0 saturated heterocycles. The van der Waals surface area contributed by atoms with Gasteiger partial charge in [-0.2, -0.15) is 0 Å². The fraction of sp³-hybridized carbons (Fsp3) is 0.361. The highest BCUT2D eigenvalue weighted by atomic mass is 16.5. The lowest BCUT2D eigenvalue weighted by molar-refractivity contribution is -0.132. The first-order chi connectivity index (χ1) is 21.7. The smallest absolute Gasteiger partial charge is 0.308 e. The number of nitrogens with zero attached hydrogens (tertiary/aromatic N) is 2. The van der Waals surface area contributed by atoms with E-state index in [1.807, 2.05) is 13.0 Å². The van der Waals surface area contributed by atoms with Crippen LogP contribution in [0.4, 0.5) is 17.1 Å². The van der Waals surface area contributed by atoms with Crippen LogP contribution < -0.4 is 24.0 Å². The number of anilines is 3. The molecule has 0 aliphatic carbocycles. The normalized spacial score (nSPS) is 12.9. The number of carbonyl (C=O) groups is 5. The van der Waals surface area contributed by atoms with Crippen molar-refractivity contribution in [1.29, 1.82) is 0 Å². The first-order valence-electron chi connectivity index (χ1n) is 15.1. The van der Waals surface area contributed by atoms with Crippen molar-refractivity contribution in [2.45, 2.75) is 81.1 Å². The Morgan fingerprint density at radius 1 is 0.696 bits per heavy atom. The van der Waals surface area contributed by atoms with Crippen LogP contribution in [0.1, 0.15) is 91.4 Å². The van der Waals surface area contributed by atoms with Crippen molar-refractivity contribution in [3.8, 4) is 17.2 Å². The van der Waals surface area contributed by atoms with E-state index in [0.29, 0.717) is 0 Å². The fourth-order valence-electron chi connectivity index (χ4n) is 5.07. The highest BCUT2D eigenvalue weighted by molar-refractivity contribution is 6.20. The van der Waals surface area contributed by atoms with Crippen molar-refractivity contribution >= 4 is 46.8 Å². The second-order valence-corrected chi connectivity index (χ2v) is 11.5. The van der Waals surface area contributed by atoms with Gasteiger partial charge in [-0.05, 0) is 65.5 Å². The molecule has 0 saturated carbocycles.